The summed E-state index contributed by atoms with van der Waals surface area (Å²) < 4.78 is 5.19. The Kier molecular flexibility index (Phi) is 5.36. The molecule has 0 saturated carbocycles. The van der Waals surface area contributed by atoms with E-state index in [1.807, 2.05) is 31.9 Å². The highest BCUT2D eigenvalue weighted by Crippen LogP contribution is 2.14. The van der Waals surface area contributed by atoms with Crippen LogP contribution in [0.1, 0.15) is 34.4 Å². The summed E-state index contributed by atoms with van der Waals surface area (Å²) in [5.41, 5.74) is 2.13. The van der Waals surface area contributed by atoms with E-state index in [1.54, 1.807) is 4.90 Å². The van der Waals surface area contributed by atoms with E-state index in [2.05, 4.69) is 20.7 Å². The van der Waals surface area contributed by atoms with Crippen molar-refractivity contribution >= 4 is 11.8 Å². The van der Waals surface area contributed by atoms with Gasteiger partial charge in [0.15, 0.2) is 5.76 Å². The fourth-order valence-corrected chi connectivity index (χ4v) is 2.98. The quantitative estimate of drug-likeness (QED) is 0.796. The molecule has 2 aromatic rings. The second-order valence-electron chi connectivity index (χ2n) is 6.51. The Morgan fingerprint density at radius 1 is 1.42 bits per heavy atom. The van der Waals surface area contributed by atoms with Gasteiger partial charge in [-0.15, -0.1) is 0 Å². The van der Waals surface area contributed by atoms with Crippen LogP contribution in [-0.2, 0) is 17.8 Å². The second kappa shape index (κ2) is 7.69. The standard InChI is InChI=1S/C17H24N6O3/c1-4-12-7-13(26-21-12)8-18-16(24)15-10-23(6-5-22(15)3)17(25)14-9-19-20-11(14)2/h7,9,15H,4-6,8,10H2,1-3H3,(H,18,24)(H,19,20). The van der Waals surface area contributed by atoms with Gasteiger partial charge < -0.3 is 14.7 Å². The molecule has 1 atom stereocenters. The molecule has 1 aliphatic heterocycles. The summed E-state index contributed by atoms with van der Waals surface area (Å²) >= 11 is 0. The van der Waals surface area contributed by atoms with Crippen LogP contribution >= 0.6 is 0 Å². The average molecular weight is 360 g/mol. The molecule has 9 heteroatoms. The van der Waals surface area contributed by atoms with E-state index in [0.717, 1.165) is 17.8 Å². The normalized spacial score (nSPS) is 18.1. The number of aryl methyl sites for hydroxylation is 2. The molecule has 0 aliphatic carbocycles. The molecule has 1 fully saturated rings. The fraction of sp³-hybridized carbons (Fsp3) is 0.529. The molecule has 3 rings (SSSR count). The monoisotopic (exact) mass is 360 g/mol. The van der Waals surface area contributed by atoms with Gasteiger partial charge in [-0.05, 0) is 20.4 Å². The number of nitrogens with zero attached hydrogens (tertiary/aromatic N) is 4. The fourth-order valence-electron chi connectivity index (χ4n) is 2.98. The summed E-state index contributed by atoms with van der Waals surface area (Å²) in [5, 5.41) is 13.5. The van der Waals surface area contributed by atoms with Crippen LogP contribution in [0.4, 0.5) is 0 Å². The molecule has 0 bridgehead atoms. The number of hydrogen-bond acceptors (Lipinski definition) is 6. The maximum absolute atomic E-state index is 12.7. The van der Waals surface area contributed by atoms with E-state index in [4.69, 9.17) is 4.52 Å². The first-order chi connectivity index (χ1) is 12.5. The molecule has 1 saturated heterocycles. The van der Waals surface area contributed by atoms with Gasteiger partial charge in [-0.25, -0.2) is 0 Å². The zero-order valence-electron chi connectivity index (χ0n) is 15.3. The number of amides is 2. The van der Waals surface area contributed by atoms with E-state index >= 15 is 0 Å². The first-order valence-corrected chi connectivity index (χ1v) is 8.71. The molecule has 9 nitrogen and oxygen atoms in total. The van der Waals surface area contributed by atoms with Gasteiger partial charge in [-0.3, -0.25) is 19.6 Å². The van der Waals surface area contributed by atoms with Crippen molar-refractivity contribution in [2.24, 2.45) is 0 Å². The highest BCUT2D eigenvalue weighted by Gasteiger charge is 2.33. The minimum absolute atomic E-state index is 0.107. The molecular weight excluding hydrogens is 336 g/mol. The number of rotatable bonds is 5. The average Bonchev–Trinajstić information content (AvgIpc) is 3.28. The number of aromatic amines is 1. The van der Waals surface area contributed by atoms with Crippen molar-refractivity contribution in [2.45, 2.75) is 32.9 Å². The van der Waals surface area contributed by atoms with Gasteiger partial charge in [0.2, 0.25) is 5.91 Å². The summed E-state index contributed by atoms with van der Waals surface area (Å²) in [6.45, 7) is 5.62. The van der Waals surface area contributed by atoms with Crippen LogP contribution < -0.4 is 5.32 Å². The van der Waals surface area contributed by atoms with Crippen LogP contribution in [0.25, 0.3) is 0 Å². The van der Waals surface area contributed by atoms with Gasteiger partial charge in [-0.1, -0.05) is 12.1 Å². The van der Waals surface area contributed by atoms with Crippen LogP contribution in [0.3, 0.4) is 0 Å². The number of carbonyl (C=O) groups excluding carboxylic acids is 2. The van der Waals surface area contributed by atoms with E-state index in [0.29, 0.717) is 31.0 Å². The molecule has 2 N–H and O–H groups in total. The number of piperazine rings is 1. The lowest BCUT2D eigenvalue weighted by Crippen LogP contribution is -2.58. The highest BCUT2D eigenvalue weighted by molar-refractivity contribution is 5.95. The van der Waals surface area contributed by atoms with Gasteiger partial charge in [0, 0.05) is 31.4 Å². The van der Waals surface area contributed by atoms with Gasteiger partial charge in [0.1, 0.15) is 6.04 Å². The van der Waals surface area contributed by atoms with Gasteiger partial charge in [0.05, 0.1) is 24.0 Å². The Balaban J connectivity index is 1.61. The number of likely N-dealkylation sites (N-methyl/N-ethyl adjacent to an activating group) is 1. The van der Waals surface area contributed by atoms with Gasteiger partial charge in [0.25, 0.3) is 5.91 Å². The first kappa shape index (κ1) is 18.1. The lowest BCUT2D eigenvalue weighted by Gasteiger charge is -2.38. The predicted octanol–water partition coefficient (Wildman–Crippen LogP) is 0.341. The SMILES string of the molecule is CCc1cc(CNC(=O)C2CN(C(=O)c3cn[nH]c3C)CCN2C)on1. The summed E-state index contributed by atoms with van der Waals surface area (Å²) in [7, 11) is 1.89. The van der Waals surface area contributed by atoms with Crippen molar-refractivity contribution in [1.82, 2.24) is 30.5 Å². The molecule has 0 spiro atoms. The highest BCUT2D eigenvalue weighted by atomic mass is 16.5. The molecule has 2 amide bonds. The molecule has 1 aliphatic rings. The van der Waals surface area contributed by atoms with Gasteiger partial charge in [-0.2, -0.15) is 5.10 Å². The largest absolute Gasteiger partial charge is 0.359 e. The van der Waals surface area contributed by atoms with Crippen LogP contribution in [0.2, 0.25) is 0 Å². The Morgan fingerprint density at radius 3 is 2.88 bits per heavy atom. The Labute approximate surface area is 151 Å². The topological polar surface area (TPSA) is 107 Å². The smallest absolute Gasteiger partial charge is 0.257 e. The minimum atomic E-state index is -0.409. The third-order valence-corrected chi connectivity index (χ3v) is 4.71. The maximum Gasteiger partial charge on any atom is 0.257 e. The second-order valence-corrected chi connectivity index (χ2v) is 6.51. The molecular formula is C17H24N6O3. The minimum Gasteiger partial charge on any atom is -0.359 e. The molecule has 140 valence electrons. The van der Waals surface area contributed by atoms with Crippen LogP contribution in [0, 0.1) is 6.92 Å². The number of H-pyrrole nitrogens is 1. The van der Waals surface area contributed by atoms with Gasteiger partial charge >= 0.3 is 0 Å². The number of aromatic nitrogens is 3. The Hall–Kier alpha value is -2.68. The summed E-state index contributed by atoms with van der Waals surface area (Å²) in [5.74, 6) is 0.379. The van der Waals surface area contributed by atoms with Crippen molar-refractivity contribution in [1.29, 1.82) is 0 Å². The number of nitrogens with one attached hydrogen (secondary N) is 2. The van der Waals surface area contributed by atoms with Crippen molar-refractivity contribution in [3.05, 3.63) is 35.0 Å². The zero-order chi connectivity index (χ0) is 18.7. The third kappa shape index (κ3) is 3.77. The zero-order valence-corrected chi connectivity index (χ0v) is 15.3. The summed E-state index contributed by atoms with van der Waals surface area (Å²) in [6.07, 6.45) is 2.31. The molecule has 1 unspecified atom stereocenters. The van der Waals surface area contributed by atoms with Crippen molar-refractivity contribution in [3.8, 4) is 0 Å². The van der Waals surface area contributed by atoms with Crippen LogP contribution in [-0.4, -0.2) is 69.7 Å². The van der Waals surface area contributed by atoms with E-state index < -0.39 is 6.04 Å². The lowest BCUT2D eigenvalue weighted by atomic mass is 10.1. The summed E-state index contributed by atoms with van der Waals surface area (Å²) in [4.78, 5) is 28.9. The van der Waals surface area contributed by atoms with E-state index in [1.165, 1.54) is 6.20 Å². The number of carbonyl (C=O) groups is 2. The van der Waals surface area contributed by atoms with E-state index in [-0.39, 0.29) is 18.4 Å². The maximum atomic E-state index is 12.7. The van der Waals surface area contributed by atoms with Crippen molar-refractivity contribution < 1.29 is 14.1 Å². The predicted molar refractivity (Wildman–Crippen MR) is 93.4 cm³/mol. The summed E-state index contributed by atoms with van der Waals surface area (Å²) in [6, 6.07) is 1.43. The van der Waals surface area contributed by atoms with Crippen LogP contribution in [0.5, 0.6) is 0 Å². The Morgan fingerprint density at radius 2 is 2.23 bits per heavy atom. The molecule has 0 radical (unpaired) electrons. The van der Waals surface area contributed by atoms with Crippen LogP contribution in [0.15, 0.2) is 16.8 Å². The Bertz CT molecular complexity index is 783. The molecule has 3 heterocycles. The lowest BCUT2D eigenvalue weighted by molar-refractivity contribution is -0.127. The first-order valence-electron chi connectivity index (χ1n) is 8.71. The van der Waals surface area contributed by atoms with Crippen molar-refractivity contribution in [2.75, 3.05) is 26.7 Å². The molecule has 2 aromatic heterocycles. The number of hydrogen-bond donors (Lipinski definition) is 2. The molecule has 0 aromatic carbocycles. The third-order valence-electron chi connectivity index (χ3n) is 4.71. The molecule has 26 heavy (non-hydrogen) atoms. The van der Waals surface area contributed by atoms with E-state index in [9.17, 15) is 9.59 Å². The van der Waals surface area contributed by atoms with Crippen molar-refractivity contribution in [3.63, 3.8) is 0 Å².